The minimum Gasteiger partial charge on any atom is -0.467 e. The normalized spacial score (nSPS) is 12.3. The van der Waals surface area contributed by atoms with E-state index < -0.39 is 0 Å². The van der Waals surface area contributed by atoms with E-state index in [1.807, 2.05) is 0 Å². The van der Waals surface area contributed by atoms with Crippen LogP contribution in [-0.2, 0) is 0 Å². The van der Waals surface area contributed by atoms with E-state index in [0.717, 1.165) is 19.5 Å². The smallest absolute Gasteiger partial charge is 0.324 e. The molecule has 19 heavy (non-hydrogen) atoms. The van der Waals surface area contributed by atoms with E-state index in [1.54, 1.807) is 0 Å². The predicted molar refractivity (Wildman–Crippen MR) is 73.8 cm³/mol. The van der Waals surface area contributed by atoms with Gasteiger partial charge in [-0.15, -0.1) is 4.98 Å². The second kappa shape index (κ2) is 7.73. The van der Waals surface area contributed by atoms with Crippen LogP contribution in [0, 0.1) is 0 Å². The molecule has 1 aromatic heterocycles. The molecule has 0 spiro atoms. The summed E-state index contributed by atoms with van der Waals surface area (Å²) in [6.45, 7) is 6.04. The van der Waals surface area contributed by atoms with E-state index in [-0.39, 0.29) is 12.0 Å². The second-order valence-electron chi connectivity index (χ2n) is 4.30. The van der Waals surface area contributed by atoms with Gasteiger partial charge in [0.1, 0.15) is 0 Å². The van der Waals surface area contributed by atoms with Crippen LogP contribution in [0.3, 0.4) is 0 Å². The Morgan fingerprint density at radius 3 is 2.21 bits per heavy atom. The van der Waals surface area contributed by atoms with Crippen LogP contribution in [0.25, 0.3) is 0 Å². The van der Waals surface area contributed by atoms with Crippen molar-refractivity contribution in [2.75, 3.05) is 39.7 Å². The largest absolute Gasteiger partial charge is 0.467 e. The summed E-state index contributed by atoms with van der Waals surface area (Å²) < 4.78 is 9.98. The maximum absolute atomic E-state index is 4.99. The molecule has 0 radical (unpaired) electrons. The summed E-state index contributed by atoms with van der Waals surface area (Å²) in [5.41, 5.74) is 0. The van der Waals surface area contributed by atoms with Crippen LogP contribution < -0.4 is 14.8 Å². The van der Waals surface area contributed by atoms with Gasteiger partial charge in [-0.25, -0.2) is 0 Å². The van der Waals surface area contributed by atoms with Gasteiger partial charge >= 0.3 is 12.0 Å². The lowest BCUT2D eigenvalue weighted by Crippen LogP contribution is -2.32. The van der Waals surface area contributed by atoms with Gasteiger partial charge in [0.2, 0.25) is 5.95 Å². The highest BCUT2D eigenvalue weighted by molar-refractivity contribution is 5.27. The van der Waals surface area contributed by atoms with E-state index >= 15 is 0 Å². The zero-order valence-electron chi connectivity index (χ0n) is 12.3. The number of methoxy groups -OCH3 is 2. The molecule has 1 aromatic rings. The molecular formula is C12H23N5O2. The molecule has 0 saturated carbocycles. The van der Waals surface area contributed by atoms with Crippen LogP contribution in [0.2, 0.25) is 0 Å². The third kappa shape index (κ3) is 4.86. The standard InChI is InChI=1S/C12H23N5O2/c1-6-9(2)17(3)8-7-13-10-14-11(18-4)16-12(15-10)19-5/h9H,6-8H2,1-5H3,(H,13,14,15,16). The molecule has 0 aromatic carbocycles. The summed E-state index contributed by atoms with van der Waals surface area (Å²) in [6, 6.07) is 1.04. The number of likely N-dealkylation sites (N-methyl/N-ethyl adjacent to an activating group) is 1. The Morgan fingerprint density at radius 1 is 1.16 bits per heavy atom. The molecule has 1 rings (SSSR count). The Hall–Kier alpha value is -1.63. The summed E-state index contributed by atoms with van der Waals surface area (Å²) in [5, 5.41) is 3.14. The van der Waals surface area contributed by atoms with Crippen molar-refractivity contribution in [2.24, 2.45) is 0 Å². The molecule has 1 unspecified atom stereocenters. The Kier molecular flexibility index (Phi) is 6.27. The van der Waals surface area contributed by atoms with Gasteiger partial charge in [0.15, 0.2) is 0 Å². The van der Waals surface area contributed by atoms with Crippen LogP contribution >= 0.6 is 0 Å². The first-order valence-electron chi connectivity index (χ1n) is 6.38. The van der Waals surface area contributed by atoms with Crippen LogP contribution in [0.5, 0.6) is 12.0 Å². The minimum atomic E-state index is 0.240. The Morgan fingerprint density at radius 2 is 1.74 bits per heavy atom. The summed E-state index contributed by atoms with van der Waals surface area (Å²) >= 11 is 0. The molecule has 0 aliphatic rings. The molecule has 1 atom stereocenters. The molecule has 0 fully saturated rings. The van der Waals surface area contributed by atoms with Gasteiger partial charge in [0.25, 0.3) is 0 Å². The highest BCUT2D eigenvalue weighted by Crippen LogP contribution is 2.11. The summed E-state index contributed by atoms with van der Waals surface area (Å²) in [5.74, 6) is 0.459. The van der Waals surface area contributed by atoms with Crippen LogP contribution in [0.1, 0.15) is 20.3 Å². The highest BCUT2D eigenvalue weighted by atomic mass is 16.5. The fraction of sp³-hybridized carbons (Fsp3) is 0.750. The molecule has 0 amide bonds. The average molecular weight is 269 g/mol. The third-order valence-corrected chi connectivity index (χ3v) is 3.05. The monoisotopic (exact) mass is 269 g/mol. The van der Waals surface area contributed by atoms with Crippen molar-refractivity contribution in [1.82, 2.24) is 19.9 Å². The number of rotatable bonds is 8. The quantitative estimate of drug-likeness (QED) is 0.755. The number of aromatic nitrogens is 3. The van der Waals surface area contributed by atoms with E-state index in [2.05, 4.69) is 46.1 Å². The third-order valence-electron chi connectivity index (χ3n) is 3.05. The zero-order valence-corrected chi connectivity index (χ0v) is 12.3. The number of nitrogens with one attached hydrogen (secondary N) is 1. The van der Waals surface area contributed by atoms with E-state index in [9.17, 15) is 0 Å². The van der Waals surface area contributed by atoms with Crippen molar-refractivity contribution in [3.8, 4) is 12.0 Å². The van der Waals surface area contributed by atoms with E-state index in [1.165, 1.54) is 14.2 Å². The molecule has 0 saturated heterocycles. The van der Waals surface area contributed by atoms with Crippen molar-refractivity contribution >= 4 is 5.95 Å². The number of hydrogen-bond donors (Lipinski definition) is 1. The Labute approximate surface area is 114 Å². The van der Waals surface area contributed by atoms with Crippen molar-refractivity contribution in [3.05, 3.63) is 0 Å². The Balaban J connectivity index is 2.53. The number of hydrogen-bond acceptors (Lipinski definition) is 7. The van der Waals surface area contributed by atoms with Crippen molar-refractivity contribution in [3.63, 3.8) is 0 Å². The minimum absolute atomic E-state index is 0.240. The summed E-state index contributed by atoms with van der Waals surface area (Å²) in [6.07, 6.45) is 1.13. The fourth-order valence-electron chi connectivity index (χ4n) is 1.48. The molecule has 7 heteroatoms. The molecular weight excluding hydrogens is 246 g/mol. The van der Waals surface area contributed by atoms with Gasteiger partial charge in [0, 0.05) is 19.1 Å². The molecule has 0 bridgehead atoms. The second-order valence-corrected chi connectivity index (χ2v) is 4.30. The van der Waals surface area contributed by atoms with Crippen LogP contribution in [0.4, 0.5) is 5.95 Å². The maximum atomic E-state index is 4.99. The van der Waals surface area contributed by atoms with Gasteiger partial charge < -0.3 is 19.7 Å². The number of ether oxygens (including phenoxy) is 2. The van der Waals surface area contributed by atoms with Crippen molar-refractivity contribution in [2.45, 2.75) is 26.3 Å². The fourth-order valence-corrected chi connectivity index (χ4v) is 1.48. The average Bonchev–Trinajstić information content (AvgIpc) is 2.45. The zero-order chi connectivity index (χ0) is 14.3. The molecule has 108 valence electrons. The highest BCUT2D eigenvalue weighted by Gasteiger charge is 2.08. The molecule has 0 aliphatic carbocycles. The van der Waals surface area contributed by atoms with Gasteiger partial charge in [0.05, 0.1) is 14.2 Å². The molecule has 1 N–H and O–H groups in total. The number of nitrogens with zero attached hydrogens (tertiary/aromatic N) is 4. The maximum Gasteiger partial charge on any atom is 0.324 e. The van der Waals surface area contributed by atoms with Crippen molar-refractivity contribution in [1.29, 1.82) is 0 Å². The van der Waals surface area contributed by atoms with Gasteiger partial charge in [-0.05, 0) is 20.4 Å². The molecule has 0 aliphatic heterocycles. The first-order chi connectivity index (χ1) is 9.10. The van der Waals surface area contributed by atoms with Gasteiger partial charge in [-0.1, -0.05) is 6.92 Å². The van der Waals surface area contributed by atoms with Crippen LogP contribution in [0.15, 0.2) is 0 Å². The van der Waals surface area contributed by atoms with Crippen molar-refractivity contribution < 1.29 is 9.47 Å². The van der Waals surface area contributed by atoms with E-state index in [4.69, 9.17) is 9.47 Å². The summed E-state index contributed by atoms with van der Waals surface area (Å²) in [4.78, 5) is 14.4. The molecule has 7 nitrogen and oxygen atoms in total. The SMILES string of the molecule is CCC(C)N(C)CCNc1nc(OC)nc(OC)n1. The number of anilines is 1. The Bertz CT molecular complexity index is 366. The first-order valence-corrected chi connectivity index (χ1v) is 6.38. The first kappa shape index (κ1) is 15.4. The topological polar surface area (TPSA) is 72.4 Å². The van der Waals surface area contributed by atoms with E-state index in [0.29, 0.717) is 12.0 Å². The lowest BCUT2D eigenvalue weighted by Gasteiger charge is -2.23. The van der Waals surface area contributed by atoms with Gasteiger partial charge in [-0.3, -0.25) is 0 Å². The lowest BCUT2D eigenvalue weighted by atomic mass is 10.2. The summed E-state index contributed by atoms with van der Waals surface area (Å²) in [7, 11) is 5.12. The van der Waals surface area contributed by atoms with Crippen LogP contribution in [-0.4, -0.2) is 60.3 Å². The predicted octanol–water partition coefficient (Wildman–Crippen LogP) is 1.03. The molecule has 1 heterocycles. The lowest BCUT2D eigenvalue weighted by molar-refractivity contribution is 0.261. The van der Waals surface area contributed by atoms with Gasteiger partial charge in [-0.2, -0.15) is 9.97 Å².